The maximum absolute atomic E-state index is 13.6. The highest BCUT2D eigenvalue weighted by atomic mass is 35.5. The number of aliphatic hydroxyl groups excluding tert-OH is 1. The predicted molar refractivity (Wildman–Crippen MR) is 126 cm³/mol. The minimum Gasteiger partial charge on any atom is -0.503 e. The predicted octanol–water partition coefficient (Wildman–Crippen LogP) is 5.24. The van der Waals surface area contributed by atoms with Crippen LogP contribution in [0.5, 0.6) is 5.75 Å². The normalized spacial score (nSPS) is 20.5. The van der Waals surface area contributed by atoms with Crippen LogP contribution in [-0.4, -0.2) is 47.6 Å². The van der Waals surface area contributed by atoms with Crippen LogP contribution in [0.1, 0.15) is 41.9 Å². The van der Waals surface area contributed by atoms with Crippen LogP contribution in [0.4, 0.5) is 0 Å². The highest BCUT2D eigenvalue weighted by Crippen LogP contribution is 2.41. The zero-order valence-corrected chi connectivity index (χ0v) is 19.4. The van der Waals surface area contributed by atoms with Gasteiger partial charge in [0, 0.05) is 23.6 Å². The van der Waals surface area contributed by atoms with Crippen molar-refractivity contribution in [2.75, 3.05) is 19.8 Å². The molecule has 0 aliphatic carbocycles. The molecule has 3 heterocycles. The molecule has 1 aromatic heterocycles. The zero-order chi connectivity index (χ0) is 23.8. The van der Waals surface area contributed by atoms with Gasteiger partial charge in [-0.25, -0.2) is 0 Å². The number of fused-ring (bicyclic) bond motifs is 1. The molecule has 1 fully saturated rings. The van der Waals surface area contributed by atoms with E-state index in [1.807, 2.05) is 19.1 Å². The lowest BCUT2D eigenvalue weighted by Crippen LogP contribution is -2.37. The Kier molecular flexibility index (Phi) is 6.06. The number of carbonyl (C=O) groups excluding carboxylic acids is 2. The Hall–Kier alpha value is -3.29. The number of benzene rings is 2. The summed E-state index contributed by atoms with van der Waals surface area (Å²) in [7, 11) is 0. The third-order valence-corrected chi connectivity index (χ3v) is 6.39. The van der Waals surface area contributed by atoms with E-state index in [1.165, 1.54) is 4.90 Å². The van der Waals surface area contributed by atoms with E-state index >= 15 is 0 Å². The molecule has 1 N–H and O–H groups in total. The third-order valence-electron chi connectivity index (χ3n) is 6.16. The van der Waals surface area contributed by atoms with Crippen LogP contribution in [0.2, 0.25) is 5.02 Å². The quantitative estimate of drug-likeness (QED) is 0.464. The number of hydrogen-bond acceptors (Lipinski definition) is 6. The van der Waals surface area contributed by atoms with Gasteiger partial charge >= 0.3 is 0 Å². The van der Waals surface area contributed by atoms with Gasteiger partial charge in [0.25, 0.3) is 5.91 Å². The number of ketones is 1. The van der Waals surface area contributed by atoms with Gasteiger partial charge in [0.15, 0.2) is 11.5 Å². The molecule has 1 saturated heterocycles. The van der Waals surface area contributed by atoms with Gasteiger partial charge in [-0.05, 0) is 61.7 Å². The average Bonchev–Trinajstić information content (AvgIpc) is 3.54. The number of hydrogen-bond donors (Lipinski definition) is 1. The van der Waals surface area contributed by atoms with Crippen molar-refractivity contribution in [1.82, 2.24) is 4.90 Å². The lowest BCUT2D eigenvalue weighted by molar-refractivity contribution is -0.131. The van der Waals surface area contributed by atoms with Crippen LogP contribution in [0.25, 0.3) is 11.0 Å². The molecule has 5 rings (SSSR count). The lowest BCUT2D eigenvalue weighted by atomic mass is 9.94. The lowest BCUT2D eigenvalue weighted by Gasteiger charge is -2.29. The molecule has 3 aromatic rings. The van der Waals surface area contributed by atoms with Gasteiger partial charge in [-0.1, -0.05) is 23.7 Å². The van der Waals surface area contributed by atoms with Crippen molar-refractivity contribution in [2.45, 2.75) is 31.9 Å². The first-order valence-electron chi connectivity index (χ1n) is 11.3. The number of rotatable bonds is 7. The van der Waals surface area contributed by atoms with Crippen LogP contribution < -0.4 is 4.74 Å². The highest BCUT2D eigenvalue weighted by Gasteiger charge is 2.45. The van der Waals surface area contributed by atoms with Crippen LogP contribution in [0, 0.1) is 0 Å². The summed E-state index contributed by atoms with van der Waals surface area (Å²) in [5.41, 5.74) is 1.12. The van der Waals surface area contributed by atoms with Gasteiger partial charge in [-0.3, -0.25) is 9.59 Å². The Labute approximate surface area is 201 Å². The zero-order valence-electron chi connectivity index (χ0n) is 18.6. The Bertz CT molecular complexity index is 1290. The summed E-state index contributed by atoms with van der Waals surface area (Å²) in [5.74, 6) is -1.10. The van der Waals surface area contributed by atoms with Gasteiger partial charge in [0.2, 0.25) is 5.78 Å². The van der Waals surface area contributed by atoms with E-state index in [0.29, 0.717) is 40.5 Å². The van der Waals surface area contributed by atoms with Gasteiger partial charge in [-0.15, -0.1) is 0 Å². The largest absolute Gasteiger partial charge is 0.503 e. The number of carbonyl (C=O) groups is 2. The van der Waals surface area contributed by atoms with Crippen molar-refractivity contribution < 1.29 is 28.6 Å². The van der Waals surface area contributed by atoms with Crippen molar-refractivity contribution in [2.24, 2.45) is 0 Å². The fraction of sp³-hybridized carbons (Fsp3) is 0.308. The number of halogens is 1. The minimum atomic E-state index is -0.804. The van der Waals surface area contributed by atoms with Gasteiger partial charge in [0.05, 0.1) is 24.3 Å². The van der Waals surface area contributed by atoms with Crippen molar-refractivity contribution in [3.8, 4) is 5.75 Å². The summed E-state index contributed by atoms with van der Waals surface area (Å²) in [6.07, 6.45) is 1.56. The molecule has 0 radical (unpaired) electrons. The number of Topliss-reactive ketones (excluding diaryl/α,β-unsaturated/α-hetero) is 1. The van der Waals surface area contributed by atoms with E-state index in [9.17, 15) is 14.7 Å². The molecule has 8 heteroatoms. The summed E-state index contributed by atoms with van der Waals surface area (Å²) in [6.45, 7) is 3.24. The standard InChI is InChI=1S/C26H24ClNO6/c1-2-32-18-6-3-5-15(12-18)23-22(25(30)26(31)28(23)14-19-7-4-10-33-19)24(29)21-13-16-11-17(27)8-9-20(16)34-21/h3,5-6,8-9,11-13,19,23,30H,2,4,7,10,14H2,1H3. The first kappa shape index (κ1) is 22.5. The van der Waals surface area contributed by atoms with Gasteiger partial charge < -0.3 is 23.9 Å². The molecule has 0 bridgehead atoms. The Morgan fingerprint density at radius 3 is 2.85 bits per heavy atom. The summed E-state index contributed by atoms with van der Waals surface area (Å²) in [6, 6.07) is 13.0. The molecule has 176 valence electrons. The van der Waals surface area contributed by atoms with Crippen molar-refractivity contribution in [1.29, 1.82) is 0 Å². The van der Waals surface area contributed by atoms with E-state index in [2.05, 4.69) is 0 Å². The maximum atomic E-state index is 13.6. The molecule has 2 atom stereocenters. The second-order valence-corrected chi connectivity index (χ2v) is 8.82. The number of amides is 1. The summed E-state index contributed by atoms with van der Waals surface area (Å²) >= 11 is 6.07. The first-order valence-corrected chi connectivity index (χ1v) is 11.7. The molecule has 34 heavy (non-hydrogen) atoms. The molecular weight excluding hydrogens is 458 g/mol. The molecular formula is C26H24ClNO6. The highest BCUT2D eigenvalue weighted by molar-refractivity contribution is 6.31. The van der Waals surface area contributed by atoms with Gasteiger partial charge in [0.1, 0.15) is 11.3 Å². The smallest absolute Gasteiger partial charge is 0.290 e. The van der Waals surface area contributed by atoms with Crippen LogP contribution in [-0.2, 0) is 9.53 Å². The molecule has 7 nitrogen and oxygen atoms in total. The van der Waals surface area contributed by atoms with E-state index in [0.717, 1.165) is 12.8 Å². The molecule has 2 aliphatic rings. The topological polar surface area (TPSA) is 89.2 Å². The average molecular weight is 482 g/mol. The second-order valence-electron chi connectivity index (χ2n) is 8.38. The van der Waals surface area contributed by atoms with E-state index in [1.54, 1.807) is 36.4 Å². The molecule has 1 amide bonds. The maximum Gasteiger partial charge on any atom is 0.290 e. The Morgan fingerprint density at radius 1 is 1.24 bits per heavy atom. The third kappa shape index (κ3) is 4.06. The molecule has 0 saturated carbocycles. The molecule has 2 unspecified atom stereocenters. The number of nitrogens with zero attached hydrogens (tertiary/aromatic N) is 1. The summed E-state index contributed by atoms with van der Waals surface area (Å²) < 4.78 is 17.1. The molecule has 2 aromatic carbocycles. The number of aliphatic hydroxyl groups is 1. The molecule has 2 aliphatic heterocycles. The SMILES string of the molecule is CCOc1cccc(C2C(C(=O)c3cc4cc(Cl)ccc4o3)=C(O)C(=O)N2CC2CCCO2)c1. The minimum absolute atomic E-state index is 0.0246. The number of ether oxygens (including phenoxy) is 2. The van der Waals surface area contributed by atoms with Crippen LogP contribution in [0.15, 0.2) is 64.3 Å². The second kappa shape index (κ2) is 9.16. The number of furan rings is 1. The van der Waals surface area contributed by atoms with E-state index in [4.69, 9.17) is 25.5 Å². The van der Waals surface area contributed by atoms with E-state index < -0.39 is 23.5 Å². The van der Waals surface area contributed by atoms with Crippen molar-refractivity contribution in [3.05, 3.63) is 76.2 Å². The van der Waals surface area contributed by atoms with Crippen LogP contribution >= 0.6 is 11.6 Å². The fourth-order valence-corrected chi connectivity index (χ4v) is 4.81. The molecule has 0 spiro atoms. The monoisotopic (exact) mass is 481 g/mol. The fourth-order valence-electron chi connectivity index (χ4n) is 4.63. The van der Waals surface area contributed by atoms with Crippen molar-refractivity contribution >= 4 is 34.3 Å². The summed E-state index contributed by atoms with van der Waals surface area (Å²) in [5, 5.41) is 12.1. The first-order chi connectivity index (χ1) is 16.5. The summed E-state index contributed by atoms with van der Waals surface area (Å²) in [4.78, 5) is 28.3. The Morgan fingerprint density at radius 2 is 2.09 bits per heavy atom. The van der Waals surface area contributed by atoms with Crippen molar-refractivity contribution in [3.63, 3.8) is 0 Å². The van der Waals surface area contributed by atoms with Crippen LogP contribution in [0.3, 0.4) is 0 Å². The Balaban J connectivity index is 1.57. The van der Waals surface area contributed by atoms with Gasteiger partial charge in [-0.2, -0.15) is 0 Å². The van der Waals surface area contributed by atoms with E-state index in [-0.39, 0.29) is 24.0 Å².